The van der Waals surface area contributed by atoms with Crippen LogP contribution in [0.15, 0.2) is 30.5 Å². The Morgan fingerprint density at radius 2 is 2.00 bits per heavy atom. The van der Waals surface area contributed by atoms with Gasteiger partial charge in [0.1, 0.15) is 17.3 Å². The molecule has 1 aromatic heterocycles. The summed E-state index contributed by atoms with van der Waals surface area (Å²) in [6.07, 6.45) is 5.55. The van der Waals surface area contributed by atoms with Crippen molar-refractivity contribution in [2.75, 3.05) is 6.61 Å². The van der Waals surface area contributed by atoms with Gasteiger partial charge in [-0.05, 0) is 56.2 Å². The SMILES string of the molecule is CC1CC2(NC(=O)c3ccnn3C)CCC1(NC(=O)COc1ccc(Cl)c(F)c1)CC2. The first-order chi connectivity index (χ1) is 14.7. The third-order valence-electron chi connectivity index (χ3n) is 6.82. The number of nitrogens with one attached hydrogen (secondary N) is 2. The molecule has 0 spiro atoms. The standard InChI is InChI=1S/C22H26ClFN4O3/c1-14-12-21(27-20(30)18-5-10-25-28(18)2)6-8-22(14,9-7-21)26-19(29)13-31-15-3-4-16(23)17(24)11-15/h3-5,10-11,14H,6-9,12-13H2,1-2H3,(H,26,29)(H,27,30). The predicted octanol–water partition coefficient (Wildman–Crippen LogP) is 3.23. The van der Waals surface area contributed by atoms with Gasteiger partial charge in [-0.1, -0.05) is 18.5 Å². The summed E-state index contributed by atoms with van der Waals surface area (Å²) in [6, 6.07) is 5.79. The van der Waals surface area contributed by atoms with Gasteiger partial charge in [0.15, 0.2) is 6.61 Å². The fourth-order valence-electron chi connectivity index (χ4n) is 5.01. The normalized spacial score (nSPS) is 27.0. The van der Waals surface area contributed by atoms with Crippen molar-refractivity contribution < 1.29 is 18.7 Å². The number of aromatic nitrogens is 2. The molecule has 2 aromatic rings. The molecule has 1 aromatic carbocycles. The number of amides is 2. The molecule has 2 bridgehead atoms. The van der Waals surface area contributed by atoms with Crippen LogP contribution in [0.2, 0.25) is 5.02 Å². The Hall–Kier alpha value is -2.61. The van der Waals surface area contributed by atoms with Crippen LogP contribution in [0.25, 0.3) is 0 Å². The first kappa shape index (κ1) is 21.6. The van der Waals surface area contributed by atoms with E-state index < -0.39 is 5.82 Å². The van der Waals surface area contributed by atoms with Gasteiger partial charge in [-0.15, -0.1) is 0 Å². The summed E-state index contributed by atoms with van der Waals surface area (Å²) in [6.45, 7) is 1.91. The summed E-state index contributed by atoms with van der Waals surface area (Å²) in [5.41, 5.74) is -0.0385. The summed E-state index contributed by atoms with van der Waals surface area (Å²) < 4.78 is 20.5. The second kappa shape index (κ2) is 8.15. The number of carbonyl (C=O) groups is 2. The van der Waals surface area contributed by atoms with Crippen LogP contribution >= 0.6 is 11.6 Å². The van der Waals surface area contributed by atoms with Gasteiger partial charge in [0.05, 0.1) is 5.02 Å². The van der Waals surface area contributed by atoms with E-state index in [-0.39, 0.29) is 46.2 Å². The number of aryl methyl sites for hydroxylation is 1. The van der Waals surface area contributed by atoms with E-state index in [9.17, 15) is 14.0 Å². The maximum atomic E-state index is 13.5. The minimum absolute atomic E-state index is 0.00731. The monoisotopic (exact) mass is 448 g/mol. The average Bonchev–Trinajstić information content (AvgIpc) is 3.16. The zero-order valence-electron chi connectivity index (χ0n) is 17.6. The van der Waals surface area contributed by atoms with Crippen molar-refractivity contribution in [3.8, 4) is 5.75 Å². The summed E-state index contributed by atoms with van der Waals surface area (Å²) in [5.74, 6) is -0.494. The highest BCUT2D eigenvalue weighted by molar-refractivity contribution is 6.30. The van der Waals surface area contributed by atoms with Crippen LogP contribution in [-0.4, -0.2) is 39.3 Å². The Morgan fingerprint density at radius 3 is 2.61 bits per heavy atom. The molecule has 7 nitrogen and oxygen atoms in total. The minimum atomic E-state index is -0.587. The highest BCUT2D eigenvalue weighted by Crippen LogP contribution is 2.50. The first-order valence-corrected chi connectivity index (χ1v) is 10.8. The van der Waals surface area contributed by atoms with E-state index in [2.05, 4.69) is 22.7 Å². The molecule has 31 heavy (non-hydrogen) atoms. The highest BCUT2D eigenvalue weighted by atomic mass is 35.5. The van der Waals surface area contributed by atoms with E-state index in [0.717, 1.165) is 38.2 Å². The van der Waals surface area contributed by atoms with Crippen molar-refractivity contribution in [1.82, 2.24) is 20.4 Å². The lowest BCUT2D eigenvalue weighted by atomic mass is 9.56. The molecule has 3 saturated carbocycles. The van der Waals surface area contributed by atoms with Crippen molar-refractivity contribution in [2.45, 2.75) is 50.1 Å². The predicted molar refractivity (Wildman–Crippen MR) is 113 cm³/mol. The largest absolute Gasteiger partial charge is 0.484 e. The maximum Gasteiger partial charge on any atom is 0.269 e. The lowest BCUT2D eigenvalue weighted by Gasteiger charge is -2.57. The minimum Gasteiger partial charge on any atom is -0.484 e. The fraction of sp³-hybridized carbons (Fsp3) is 0.500. The Balaban J connectivity index is 1.35. The number of ether oxygens (including phenoxy) is 1. The van der Waals surface area contributed by atoms with Gasteiger partial charge in [0.2, 0.25) is 0 Å². The topological polar surface area (TPSA) is 85.3 Å². The zero-order chi connectivity index (χ0) is 22.2. The number of carbonyl (C=O) groups excluding carboxylic acids is 2. The summed E-state index contributed by atoms with van der Waals surface area (Å²) in [5, 5.41) is 10.5. The van der Waals surface area contributed by atoms with E-state index in [1.54, 1.807) is 24.0 Å². The Labute approximate surface area is 185 Å². The maximum absolute atomic E-state index is 13.5. The van der Waals surface area contributed by atoms with Crippen molar-refractivity contribution in [2.24, 2.45) is 13.0 Å². The molecule has 3 aliphatic carbocycles. The van der Waals surface area contributed by atoms with E-state index in [0.29, 0.717) is 5.69 Å². The average molecular weight is 449 g/mol. The van der Waals surface area contributed by atoms with Gasteiger partial charge in [-0.2, -0.15) is 5.10 Å². The van der Waals surface area contributed by atoms with Crippen molar-refractivity contribution in [3.63, 3.8) is 0 Å². The molecule has 1 heterocycles. The molecule has 0 aliphatic heterocycles. The summed E-state index contributed by atoms with van der Waals surface area (Å²) in [4.78, 5) is 25.3. The van der Waals surface area contributed by atoms with Crippen LogP contribution in [0.5, 0.6) is 5.75 Å². The number of benzene rings is 1. The van der Waals surface area contributed by atoms with E-state index in [1.807, 2.05) is 0 Å². The molecule has 5 rings (SSSR count). The van der Waals surface area contributed by atoms with Crippen LogP contribution in [-0.2, 0) is 11.8 Å². The number of hydrogen-bond donors (Lipinski definition) is 2. The second-order valence-corrected chi connectivity index (χ2v) is 9.16. The van der Waals surface area contributed by atoms with Gasteiger partial charge in [0.25, 0.3) is 11.8 Å². The van der Waals surface area contributed by atoms with Crippen LogP contribution in [0.4, 0.5) is 4.39 Å². The molecule has 3 fully saturated rings. The van der Waals surface area contributed by atoms with Crippen molar-refractivity contribution in [1.29, 1.82) is 0 Å². The molecule has 2 amide bonds. The number of nitrogens with zero attached hydrogens (tertiary/aromatic N) is 2. The Bertz CT molecular complexity index is 1000. The third-order valence-corrected chi connectivity index (χ3v) is 7.13. The number of hydrogen-bond acceptors (Lipinski definition) is 4. The van der Waals surface area contributed by atoms with E-state index in [4.69, 9.17) is 16.3 Å². The Morgan fingerprint density at radius 1 is 1.26 bits per heavy atom. The van der Waals surface area contributed by atoms with Crippen LogP contribution in [0.3, 0.4) is 0 Å². The number of fused-ring (bicyclic) bond motifs is 3. The number of rotatable bonds is 6. The molecular formula is C22H26ClFN4O3. The molecular weight excluding hydrogens is 423 g/mol. The van der Waals surface area contributed by atoms with Crippen molar-refractivity contribution in [3.05, 3.63) is 47.0 Å². The Kier molecular flexibility index (Phi) is 5.68. The number of halogens is 2. The zero-order valence-corrected chi connectivity index (χ0v) is 18.3. The van der Waals surface area contributed by atoms with Crippen LogP contribution in [0.1, 0.15) is 49.5 Å². The molecule has 0 radical (unpaired) electrons. The lowest BCUT2D eigenvalue weighted by Crippen LogP contribution is -2.67. The first-order valence-electron chi connectivity index (χ1n) is 10.4. The van der Waals surface area contributed by atoms with Gasteiger partial charge >= 0.3 is 0 Å². The van der Waals surface area contributed by atoms with Crippen LogP contribution < -0.4 is 15.4 Å². The molecule has 9 heteroatoms. The van der Waals surface area contributed by atoms with Gasteiger partial charge in [-0.3, -0.25) is 14.3 Å². The van der Waals surface area contributed by atoms with Crippen molar-refractivity contribution >= 4 is 23.4 Å². The smallest absolute Gasteiger partial charge is 0.269 e. The van der Waals surface area contributed by atoms with E-state index >= 15 is 0 Å². The van der Waals surface area contributed by atoms with Gasteiger partial charge in [0, 0.05) is 30.4 Å². The quantitative estimate of drug-likeness (QED) is 0.710. The van der Waals surface area contributed by atoms with E-state index in [1.165, 1.54) is 12.1 Å². The summed E-state index contributed by atoms with van der Waals surface area (Å²) >= 11 is 5.67. The van der Waals surface area contributed by atoms with Gasteiger partial charge in [-0.25, -0.2) is 4.39 Å². The third kappa shape index (κ3) is 4.26. The molecule has 3 aliphatic rings. The fourth-order valence-corrected chi connectivity index (χ4v) is 5.13. The van der Waals surface area contributed by atoms with Gasteiger partial charge < -0.3 is 15.4 Å². The molecule has 2 N–H and O–H groups in total. The lowest BCUT2D eigenvalue weighted by molar-refractivity contribution is -0.128. The second-order valence-electron chi connectivity index (χ2n) is 8.75. The highest BCUT2D eigenvalue weighted by Gasteiger charge is 2.54. The molecule has 1 unspecified atom stereocenters. The van der Waals surface area contributed by atoms with Crippen LogP contribution in [0, 0.1) is 11.7 Å². The molecule has 1 atom stereocenters. The molecule has 0 saturated heterocycles. The summed E-state index contributed by atoms with van der Waals surface area (Å²) in [7, 11) is 1.75. The molecule has 166 valence electrons.